The monoisotopic (exact) mass is 232 g/mol. The summed E-state index contributed by atoms with van der Waals surface area (Å²) in [6, 6.07) is 0. The van der Waals surface area contributed by atoms with Crippen LogP contribution in [0.4, 0.5) is 0 Å². The van der Waals surface area contributed by atoms with Gasteiger partial charge in [-0.15, -0.1) is 0 Å². The van der Waals surface area contributed by atoms with Gasteiger partial charge in [0.1, 0.15) is 0 Å². The van der Waals surface area contributed by atoms with E-state index in [0.717, 1.165) is 12.8 Å². The molecule has 0 aromatic carbocycles. The van der Waals surface area contributed by atoms with Gasteiger partial charge in [0.05, 0.1) is 19.8 Å². The molecule has 0 rings (SSSR count). The maximum Gasteiger partial charge on any atom is 0.222 e. The van der Waals surface area contributed by atoms with Gasteiger partial charge in [0, 0.05) is 19.6 Å². The second-order valence-electron chi connectivity index (χ2n) is 3.73. The van der Waals surface area contributed by atoms with E-state index >= 15 is 0 Å². The first-order valence-electron chi connectivity index (χ1n) is 5.76. The highest BCUT2D eigenvalue weighted by atomic mass is 16.5. The summed E-state index contributed by atoms with van der Waals surface area (Å²) < 4.78 is 10.1. The van der Waals surface area contributed by atoms with Gasteiger partial charge in [-0.1, -0.05) is 6.92 Å². The number of carbonyl (C=O) groups excluding carboxylic acids is 1. The molecule has 0 aliphatic rings. The number of nitrogens with two attached hydrogens (primary N) is 1. The molecular weight excluding hydrogens is 208 g/mol. The number of hydrogen-bond acceptors (Lipinski definition) is 4. The van der Waals surface area contributed by atoms with Crippen LogP contribution in [0.15, 0.2) is 0 Å². The van der Waals surface area contributed by atoms with E-state index < -0.39 is 0 Å². The summed E-state index contributed by atoms with van der Waals surface area (Å²) in [4.78, 5) is 11.5. The lowest BCUT2D eigenvalue weighted by molar-refractivity contribution is -0.124. The van der Waals surface area contributed by atoms with E-state index in [0.29, 0.717) is 32.9 Å². The van der Waals surface area contributed by atoms with Crippen molar-refractivity contribution in [3.8, 4) is 0 Å². The molecule has 0 fully saturated rings. The van der Waals surface area contributed by atoms with E-state index in [1.54, 1.807) is 7.11 Å². The minimum Gasteiger partial charge on any atom is -0.382 e. The normalized spacial score (nSPS) is 12.4. The van der Waals surface area contributed by atoms with E-state index in [1.807, 2.05) is 6.92 Å². The van der Waals surface area contributed by atoms with Crippen LogP contribution >= 0.6 is 0 Å². The molecule has 0 aliphatic heterocycles. The first-order valence-corrected chi connectivity index (χ1v) is 5.76. The molecule has 3 N–H and O–H groups in total. The second-order valence-corrected chi connectivity index (χ2v) is 3.73. The van der Waals surface area contributed by atoms with Crippen molar-refractivity contribution in [2.24, 2.45) is 11.7 Å². The Morgan fingerprint density at radius 2 is 2.12 bits per heavy atom. The molecule has 0 aromatic rings. The lowest BCUT2D eigenvalue weighted by atomic mass is 10.1. The molecule has 1 unspecified atom stereocenters. The van der Waals surface area contributed by atoms with Crippen molar-refractivity contribution in [2.75, 3.05) is 40.0 Å². The maximum atomic E-state index is 11.5. The van der Waals surface area contributed by atoms with Crippen molar-refractivity contribution in [3.63, 3.8) is 0 Å². The fraction of sp³-hybridized carbons (Fsp3) is 0.909. The van der Waals surface area contributed by atoms with Crippen LogP contribution in [0.2, 0.25) is 0 Å². The molecule has 0 spiro atoms. The van der Waals surface area contributed by atoms with Crippen LogP contribution in [-0.2, 0) is 14.3 Å². The number of ether oxygens (including phenoxy) is 2. The zero-order valence-corrected chi connectivity index (χ0v) is 10.3. The largest absolute Gasteiger partial charge is 0.382 e. The zero-order chi connectivity index (χ0) is 12.2. The number of hydrogen-bond donors (Lipinski definition) is 2. The Hall–Kier alpha value is -0.650. The lowest BCUT2D eigenvalue weighted by Gasteiger charge is -2.11. The molecule has 0 aromatic heterocycles. The standard InChI is InChI=1S/C11H24N2O3/c1-10(4-3-5-12)11(14)13-6-7-16-9-8-15-2/h10H,3-9,12H2,1-2H3,(H,13,14). The topological polar surface area (TPSA) is 73.6 Å². The SMILES string of the molecule is COCCOCCNC(=O)C(C)CCCN. The van der Waals surface area contributed by atoms with Gasteiger partial charge in [-0.25, -0.2) is 0 Å². The van der Waals surface area contributed by atoms with E-state index in [2.05, 4.69) is 5.32 Å². The van der Waals surface area contributed by atoms with Gasteiger partial charge in [-0.3, -0.25) is 4.79 Å². The van der Waals surface area contributed by atoms with Crippen molar-refractivity contribution in [3.05, 3.63) is 0 Å². The van der Waals surface area contributed by atoms with Crippen molar-refractivity contribution < 1.29 is 14.3 Å². The quantitative estimate of drug-likeness (QED) is 0.525. The minimum absolute atomic E-state index is 0.0301. The van der Waals surface area contributed by atoms with Crippen molar-refractivity contribution in [2.45, 2.75) is 19.8 Å². The van der Waals surface area contributed by atoms with Gasteiger partial charge < -0.3 is 20.5 Å². The van der Waals surface area contributed by atoms with Gasteiger partial charge in [0.2, 0.25) is 5.91 Å². The third-order valence-corrected chi connectivity index (χ3v) is 2.27. The Balaban J connectivity index is 3.35. The Morgan fingerprint density at radius 1 is 1.38 bits per heavy atom. The first kappa shape index (κ1) is 15.3. The molecular formula is C11H24N2O3. The molecule has 0 heterocycles. The molecule has 0 saturated heterocycles. The Morgan fingerprint density at radius 3 is 2.75 bits per heavy atom. The number of methoxy groups -OCH3 is 1. The summed E-state index contributed by atoms with van der Waals surface area (Å²) in [5.41, 5.74) is 5.38. The highest BCUT2D eigenvalue weighted by molar-refractivity contribution is 5.78. The number of carbonyl (C=O) groups is 1. The smallest absolute Gasteiger partial charge is 0.222 e. The second kappa shape index (κ2) is 10.9. The Bertz CT molecular complexity index is 177. The summed E-state index contributed by atoms with van der Waals surface area (Å²) >= 11 is 0. The molecule has 1 amide bonds. The third-order valence-electron chi connectivity index (χ3n) is 2.27. The molecule has 0 aliphatic carbocycles. The van der Waals surface area contributed by atoms with Crippen LogP contribution in [0, 0.1) is 5.92 Å². The summed E-state index contributed by atoms with van der Waals surface area (Å²) in [6.07, 6.45) is 1.73. The summed E-state index contributed by atoms with van der Waals surface area (Å²) in [5.74, 6) is 0.103. The third kappa shape index (κ3) is 8.64. The highest BCUT2D eigenvalue weighted by Gasteiger charge is 2.10. The molecule has 1 atom stereocenters. The van der Waals surface area contributed by atoms with Gasteiger partial charge in [-0.05, 0) is 19.4 Å². The molecule has 0 bridgehead atoms. The number of amides is 1. The van der Waals surface area contributed by atoms with E-state index in [1.165, 1.54) is 0 Å². The van der Waals surface area contributed by atoms with Crippen LogP contribution in [0.25, 0.3) is 0 Å². The van der Waals surface area contributed by atoms with Gasteiger partial charge >= 0.3 is 0 Å². The first-order chi connectivity index (χ1) is 7.72. The lowest BCUT2D eigenvalue weighted by Crippen LogP contribution is -2.32. The Labute approximate surface area is 97.7 Å². The fourth-order valence-electron chi connectivity index (χ4n) is 1.22. The number of rotatable bonds is 10. The van der Waals surface area contributed by atoms with Crippen LogP contribution in [0.5, 0.6) is 0 Å². The summed E-state index contributed by atoms with van der Waals surface area (Å²) in [6.45, 7) is 4.78. The van der Waals surface area contributed by atoms with Crippen molar-refractivity contribution in [1.29, 1.82) is 0 Å². The minimum atomic E-state index is 0.0301. The van der Waals surface area contributed by atoms with Crippen LogP contribution in [0.3, 0.4) is 0 Å². The average molecular weight is 232 g/mol. The number of nitrogens with one attached hydrogen (secondary N) is 1. The predicted molar refractivity (Wildman–Crippen MR) is 63.2 cm³/mol. The highest BCUT2D eigenvalue weighted by Crippen LogP contribution is 2.03. The van der Waals surface area contributed by atoms with E-state index in [9.17, 15) is 4.79 Å². The van der Waals surface area contributed by atoms with E-state index in [-0.39, 0.29) is 11.8 Å². The van der Waals surface area contributed by atoms with Crippen LogP contribution in [0.1, 0.15) is 19.8 Å². The van der Waals surface area contributed by atoms with Crippen LogP contribution in [-0.4, -0.2) is 45.9 Å². The molecule has 0 radical (unpaired) electrons. The molecule has 96 valence electrons. The zero-order valence-electron chi connectivity index (χ0n) is 10.3. The van der Waals surface area contributed by atoms with Crippen LogP contribution < -0.4 is 11.1 Å². The molecule has 16 heavy (non-hydrogen) atoms. The maximum absolute atomic E-state index is 11.5. The van der Waals surface area contributed by atoms with Gasteiger partial charge in [-0.2, -0.15) is 0 Å². The van der Waals surface area contributed by atoms with Gasteiger partial charge in [0.15, 0.2) is 0 Å². The molecule has 0 saturated carbocycles. The Kier molecular flexibility index (Phi) is 10.4. The van der Waals surface area contributed by atoms with Gasteiger partial charge in [0.25, 0.3) is 0 Å². The molecule has 5 heteroatoms. The summed E-state index contributed by atoms with van der Waals surface area (Å²) in [5, 5.41) is 2.82. The van der Waals surface area contributed by atoms with Crippen molar-refractivity contribution >= 4 is 5.91 Å². The average Bonchev–Trinajstić information content (AvgIpc) is 2.30. The summed E-state index contributed by atoms with van der Waals surface area (Å²) in [7, 11) is 1.63. The van der Waals surface area contributed by atoms with Crippen molar-refractivity contribution in [1.82, 2.24) is 5.32 Å². The van der Waals surface area contributed by atoms with E-state index in [4.69, 9.17) is 15.2 Å². The fourth-order valence-corrected chi connectivity index (χ4v) is 1.22. The predicted octanol–water partition coefficient (Wildman–Crippen LogP) is 0.141. The molecule has 5 nitrogen and oxygen atoms in total.